The Morgan fingerprint density at radius 2 is 1.78 bits per heavy atom. The number of benzene rings is 2. The zero-order valence-corrected chi connectivity index (χ0v) is 18.8. The maximum atomic E-state index is 13.7. The maximum absolute atomic E-state index is 13.7. The fraction of sp³-hybridized carbons (Fsp3) is 0.130. The van der Waals surface area contributed by atoms with Crippen molar-refractivity contribution in [3.63, 3.8) is 0 Å². The van der Waals surface area contributed by atoms with Gasteiger partial charge in [-0.15, -0.1) is 0 Å². The van der Waals surface area contributed by atoms with Gasteiger partial charge in [-0.05, 0) is 36.4 Å². The molecule has 4 rings (SSSR count). The van der Waals surface area contributed by atoms with E-state index in [2.05, 4.69) is 9.97 Å². The Morgan fingerprint density at radius 1 is 1.03 bits per heavy atom. The Morgan fingerprint density at radius 3 is 2.47 bits per heavy atom. The molecule has 0 radical (unpaired) electrons. The van der Waals surface area contributed by atoms with E-state index in [9.17, 15) is 9.59 Å². The van der Waals surface area contributed by atoms with Gasteiger partial charge in [0, 0.05) is 6.20 Å². The Kier molecular flexibility index (Phi) is 6.34. The highest BCUT2D eigenvalue weighted by atomic mass is 35.5. The summed E-state index contributed by atoms with van der Waals surface area (Å²) in [6, 6.07) is 15.4. The molecule has 0 atom stereocenters. The molecule has 4 aromatic rings. The number of halogens is 1. The lowest BCUT2D eigenvalue weighted by Gasteiger charge is -2.20. The van der Waals surface area contributed by atoms with E-state index >= 15 is 0 Å². The summed E-state index contributed by atoms with van der Waals surface area (Å²) in [6.07, 6.45) is 1.65. The molecule has 0 bridgehead atoms. The molecule has 0 saturated carbocycles. The number of hydrogen-bond acceptors (Lipinski definition) is 7. The lowest BCUT2D eigenvalue weighted by Crippen LogP contribution is -2.32. The number of carbonyl (C=O) groups is 2. The minimum Gasteiger partial charge on any atom is -0.494 e. The number of nitrogens with zero attached hydrogens (tertiary/aromatic N) is 3. The van der Waals surface area contributed by atoms with Crippen molar-refractivity contribution in [2.75, 3.05) is 19.1 Å². The highest BCUT2D eigenvalue weighted by molar-refractivity contribution is 7.23. The first-order valence-electron chi connectivity index (χ1n) is 9.55. The summed E-state index contributed by atoms with van der Waals surface area (Å²) >= 11 is 7.65. The molecule has 2 aromatic heterocycles. The largest absolute Gasteiger partial charge is 0.494 e. The van der Waals surface area contributed by atoms with Crippen LogP contribution in [0, 0.1) is 0 Å². The van der Waals surface area contributed by atoms with Crippen LogP contribution in [0.25, 0.3) is 10.2 Å². The second-order valence-corrected chi connectivity index (χ2v) is 8.06. The van der Waals surface area contributed by atoms with Crippen LogP contribution < -0.4 is 9.64 Å². The number of esters is 1. The standard InChI is InChI=1S/C23H18ClN3O4S/c1-30-18-11-10-17(24)20-19(18)26-23(32-20)27(13-14-7-5-6-12-25-14)21(28)15-8-3-4-9-16(15)22(29)31-2/h3-12H,13H2,1-2H3. The van der Waals surface area contributed by atoms with Crippen LogP contribution in [0.5, 0.6) is 5.75 Å². The summed E-state index contributed by atoms with van der Waals surface area (Å²) in [7, 11) is 2.82. The molecule has 9 heteroatoms. The predicted molar refractivity (Wildman–Crippen MR) is 124 cm³/mol. The summed E-state index contributed by atoms with van der Waals surface area (Å²) < 4.78 is 11.0. The van der Waals surface area contributed by atoms with Crippen molar-refractivity contribution in [2.45, 2.75) is 6.54 Å². The second-order valence-electron chi connectivity index (χ2n) is 6.67. The van der Waals surface area contributed by atoms with Gasteiger partial charge in [-0.3, -0.25) is 14.7 Å². The molecule has 2 aromatic carbocycles. The summed E-state index contributed by atoms with van der Waals surface area (Å²) in [4.78, 5) is 36.4. The van der Waals surface area contributed by atoms with Crippen molar-refractivity contribution in [1.29, 1.82) is 0 Å². The van der Waals surface area contributed by atoms with Gasteiger partial charge >= 0.3 is 5.97 Å². The number of thiazole rings is 1. The van der Waals surface area contributed by atoms with E-state index in [-0.39, 0.29) is 17.7 Å². The van der Waals surface area contributed by atoms with Gasteiger partial charge in [-0.2, -0.15) is 0 Å². The number of fused-ring (bicyclic) bond motifs is 1. The Labute approximate surface area is 193 Å². The normalized spacial score (nSPS) is 10.7. The van der Waals surface area contributed by atoms with Gasteiger partial charge in [0.05, 0.1) is 47.3 Å². The fourth-order valence-electron chi connectivity index (χ4n) is 3.20. The molecule has 1 amide bonds. The Bertz CT molecular complexity index is 1290. The average Bonchev–Trinajstić information content (AvgIpc) is 3.28. The Hall–Kier alpha value is -3.49. The first-order chi connectivity index (χ1) is 15.5. The third-order valence-corrected chi connectivity index (χ3v) is 6.29. The molecule has 162 valence electrons. The molecule has 0 spiro atoms. The number of pyridine rings is 1. The molecule has 0 unspecified atom stereocenters. The first kappa shape index (κ1) is 21.7. The van der Waals surface area contributed by atoms with Crippen molar-refractivity contribution in [1.82, 2.24) is 9.97 Å². The number of aromatic nitrogens is 2. The molecule has 0 fully saturated rings. The molecule has 32 heavy (non-hydrogen) atoms. The number of amides is 1. The third kappa shape index (κ3) is 4.15. The van der Waals surface area contributed by atoms with E-state index in [0.29, 0.717) is 31.8 Å². The smallest absolute Gasteiger partial charge is 0.338 e. The van der Waals surface area contributed by atoms with Gasteiger partial charge in [0.25, 0.3) is 5.91 Å². The van der Waals surface area contributed by atoms with Crippen molar-refractivity contribution in [3.05, 3.63) is 82.6 Å². The second kappa shape index (κ2) is 9.33. The van der Waals surface area contributed by atoms with E-state index in [1.165, 1.54) is 23.3 Å². The molecule has 0 aliphatic heterocycles. The molecule has 0 aliphatic rings. The Balaban J connectivity index is 1.86. The molecule has 0 N–H and O–H groups in total. The number of methoxy groups -OCH3 is 2. The van der Waals surface area contributed by atoms with Gasteiger partial charge in [-0.1, -0.05) is 41.1 Å². The van der Waals surface area contributed by atoms with Crippen LogP contribution in [0.2, 0.25) is 5.02 Å². The predicted octanol–water partition coefficient (Wildman–Crippen LogP) is 4.99. The lowest BCUT2D eigenvalue weighted by atomic mass is 10.1. The van der Waals surface area contributed by atoms with E-state index in [1.54, 1.807) is 55.8 Å². The van der Waals surface area contributed by atoms with E-state index in [1.807, 2.05) is 12.1 Å². The van der Waals surface area contributed by atoms with Crippen LogP contribution in [0.3, 0.4) is 0 Å². The quantitative estimate of drug-likeness (QED) is 0.372. The highest BCUT2D eigenvalue weighted by Gasteiger charge is 2.27. The summed E-state index contributed by atoms with van der Waals surface area (Å²) in [6.45, 7) is 0.148. The molecular weight excluding hydrogens is 450 g/mol. The van der Waals surface area contributed by atoms with Crippen molar-refractivity contribution in [3.8, 4) is 5.75 Å². The minimum absolute atomic E-state index is 0.148. The van der Waals surface area contributed by atoms with Crippen LogP contribution in [0.1, 0.15) is 26.4 Å². The summed E-state index contributed by atoms with van der Waals surface area (Å²) in [5, 5.41) is 0.909. The van der Waals surface area contributed by atoms with E-state index in [0.717, 1.165) is 0 Å². The molecule has 2 heterocycles. The number of rotatable bonds is 6. The number of carbonyl (C=O) groups excluding carboxylic acids is 2. The van der Waals surface area contributed by atoms with Crippen molar-refractivity contribution >= 4 is 50.2 Å². The zero-order valence-electron chi connectivity index (χ0n) is 17.2. The van der Waals surface area contributed by atoms with Gasteiger partial charge in [0.15, 0.2) is 5.13 Å². The van der Waals surface area contributed by atoms with Crippen LogP contribution in [-0.4, -0.2) is 36.1 Å². The van der Waals surface area contributed by atoms with E-state index < -0.39 is 11.9 Å². The van der Waals surface area contributed by atoms with Crippen LogP contribution in [0.15, 0.2) is 60.8 Å². The molecular formula is C23H18ClN3O4S. The van der Waals surface area contributed by atoms with Crippen molar-refractivity contribution < 1.29 is 19.1 Å². The maximum Gasteiger partial charge on any atom is 0.338 e. The number of anilines is 1. The number of ether oxygens (including phenoxy) is 2. The van der Waals surface area contributed by atoms with E-state index in [4.69, 9.17) is 21.1 Å². The fourth-order valence-corrected chi connectivity index (χ4v) is 4.46. The van der Waals surface area contributed by atoms with Crippen LogP contribution in [-0.2, 0) is 11.3 Å². The monoisotopic (exact) mass is 467 g/mol. The molecule has 0 aliphatic carbocycles. The molecule has 7 nitrogen and oxygen atoms in total. The SMILES string of the molecule is COC(=O)c1ccccc1C(=O)N(Cc1ccccn1)c1nc2c(OC)ccc(Cl)c2s1. The van der Waals surface area contributed by atoms with Gasteiger partial charge in [0.2, 0.25) is 0 Å². The van der Waals surface area contributed by atoms with Crippen LogP contribution in [0.4, 0.5) is 5.13 Å². The minimum atomic E-state index is -0.597. The third-order valence-electron chi connectivity index (χ3n) is 4.75. The highest BCUT2D eigenvalue weighted by Crippen LogP contribution is 2.39. The zero-order chi connectivity index (χ0) is 22.7. The van der Waals surface area contributed by atoms with Crippen LogP contribution >= 0.6 is 22.9 Å². The van der Waals surface area contributed by atoms with Gasteiger partial charge < -0.3 is 9.47 Å². The topological polar surface area (TPSA) is 81.6 Å². The summed E-state index contributed by atoms with van der Waals surface area (Å²) in [5.41, 5.74) is 1.59. The van der Waals surface area contributed by atoms with Gasteiger partial charge in [-0.25, -0.2) is 9.78 Å². The summed E-state index contributed by atoms with van der Waals surface area (Å²) in [5.74, 6) is -0.460. The average molecular weight is 468 g/mol. The van der Waals surface area contributed by atoms with Crippen molar-refractivity contribution in [2.24, 2.45) is 0 Å². The molecule has 0 saturated heterocycles. The first-order valence-corrected chi connectivity index (χ1v) is 10.7. The lowest BCUT2D eigenvalue weighted by molar-refractivity contribution is 0.0597. The van der Waals surface area contributed by atoms with Gasteiger partial charge in [0.1, 0.15) is 11.3 Å². The number of hydrogen-bond donors (Lipinski definition) is 0.